The summed E-state index contributed by atoms with van der Waals surface area (Å²) >= 11 is 6.03. The number of fused-ring (bicyclic) bond motifs is 1. The summed E-state index contributed by atoms with van der Waals surface area (Å²) in [5.41, 5.74) is 0.566. The Kier molecular flexibility index (Phi) is 3.06. The fraction of sp³-hybridized carbons (Fsp3) is 0.385. The van der Waals surface area contributed by atoms with Crippen LogP contribution in [0.15, 0.2) is 29.3 Å². The molecule has 2 heterocycles. The fourth-order valence-electron chi connectivity index (χ4n) is 2.43. The zero-order valence-corrected chi connectivity index (χ0v) is 10.7. The fourth-order valence-corrected chi connectivity index (χ4v) is 2.66. The number of hydrogen-bond donors (Lipinski definition) is 1. The van der Waals surface area contributed by atoms with Crippen molar-refractivity contribution in [1.29, 1.82) is 0 Å². The normalized spacial score (nSPS) is 19.5. The van der Waals surface area contributed by atoms with Crippen LogP contribution in [0.1, 0.15) is 12.8 Å². The smallest absolute Gasteiger partial charge is 0.261 e. The highest BCUT2D eigenvalue weighted by Gasteiger charge is 2.16. The molecule has 0 aliphatic carbocycles. The summed E-state index contributed by atoms with van der Waals surface area (Å²) in [5.74, 6) is 0. The van der Waals surface area contributed by atoms with Crippen LogP contribution < -0.4 is 10.9 Å². The van der Waals surface area contributed by atoms with Gasteiger partial charge in [-0.2, -0.15) is 0 Å². The maximum atomic E-state index is 12.3. The number of halogens is 1. The summed E-state index contributed by atoms with van der Waals surface area (Å²) in [6.07, 6.45) is 3.88. The highest BCUT2D eigenvalue weighted by Crippen LogP contribution is 2.18. The van der Waals surface area contributed by atoms with Crippen LogP contribution in [0.4, 0.5) is 0 Å². The summed E-state index contributed by atoms with van der Waals surface area (Å²) in [6.45, 7) is 1.71. The Labute approximate surface area is 110 Å². The SMILES string of the molecule is O=c1c2cccc(Cl)c2ncn1C[C@H]1CCCN1. The van der Waals surface area contributed by atoms with Crippen molar-refractivity contribution in [2.45, 2.75) is 25.4 Å². The highest BCUT2D eigenvalue weighted by atomic mass is 35.5. The summed E-state index contributed by atoms with van der Waals surface area (Å²) in [5, 5.41) is 4.49. The quantitative estimate of drug-likeness (QED) is 0.899. The van der Waals surface area contributed by atoms with Crippen LogP contribution in [0.5, 0.6) is 0 Å². The van der Waals surface area contributed by atoms with Crippen molar-refractivity contribution < 1.29 is 0 Å². The van der Waals surface area contributed by atoms with Crippen molar-refractivity contribution in [2.24, 2.45) is 0 Å². The summed E-state index contributed by atoms with van der Waals surface area (Å²) in [4.78, 5) is 16.6. The molecule has 2 aromatic rings. The third-order valence-electron chi connectivity index (χ3n) is 3.38. The molecule has 1 atom stereocenters. The molecule has 94 valence electrons. The Bertz CT molecular complexity index is 632. The second-order valence-electron chi connectivity index (χ2n) is 4.63. The molecule has 0 unspecified atom stereocenters. The maximum absolute atomic E-state index is 12.3. The van der Waals surface area contributed by atoms with E-state index in [2.05, 4.69) is 10.3 Å². The second kappa shape index (κ2) is 4.71. The van der Waals surface area contributed by atoms with E-state index in [9.17, 15) is 4.79 Å². The van der Waals surface area contributed by atoms with Gasteiger partial charge in [0.1, 0.15) is 0 Å². The third-order valence-corrected chi connectivity index (χ3v) is 3.69. The first-order chi connectivity index (χ1) is 8.75. The average Bonchev–Trinajstić information content (AvgIpc) is 2.86. The molecule has 1 N–H and O–H groups in total. The van der Waals surface area contributed by atoms with E-state index in [-0.39, 0.29) is 5.56 Å². The Balaban J connectivity index is 2.03. The molecule has 4 nitrogen and oxygen atoms in total. The van der Waals surface area contributed by atoms with E-state index in [4.69, 9.17) is 11.6 Å². The van der Waals surface area contributed by atoms with Crippen LogP contribution >= 0.6 is 11.6 Å². The van der Waals surface area contributed by atoms with E-state index >= 15 is 0 Å². The van der Waals surface area contributed by atoms with E-state index in [1.54, 1.807) is 29.1 Å². The van der Waals surface area contributed by atoms with Gasteiger partial charge >= 0.3 is 0 Å². The van der Waals surface area contributed by atoms with Gasteiger partial charge in [0.25, 0.3) is 5.56 Å². The molecule has 1 saturated heterocycles. The second-order valence-corrected chi connectivity index (χ2v) is 5.04. The molecule has 0 saturated carbocycles. The van der Waals surface area contributed by atoms with Crippen LogP contribution in [-0.4, -0.2) is 22.1 Å². The summed E-state index contributed by atoms with van der Waals surface area (Å²) < 4.78 is 1.67. The van der Waals surface area contributed by atoms with E-state index in [1.807, 2.05) is 0 Å². The Morgan fingerprint density at radius 1 is 1.50 bits per heavy atom. The van der Waals surface area contributed by atoms with Crippen LogP contribution in [0.3, 0.4) is 0 Å². The van der Waals surface area contributed by atoms with Gasteiger partial charge in [0.2, 0.25) is 0 Å². The predicted molar refractivity (Wildman–Crippen MR) is 72.0 cm³/mol. The van der Waals surface area contributed by atoms with Gasteiger partial charge in [-0.3, -0.25) is 9.36 Å². The Hall–Kier alpha value is -1.39. The van der Waals surface area contributed by atoms with Crippen molar-refractivity contribution in [3.63, 3.8) is 0 Å². The number of hydrogen-bond acceptors (Lipinski definition) is 3. The van der Waals surface area contributed by atoms with Crippen molar-refractivity contribution in [2.75, 3.05) is 6.54 Å². The van der Waals surface area contributed by atoms with Crippen LogP contribution in [0, 0.1) is 0 Å². The lowest BCUT2D eigenvalue weighted by Crippen LogP contribution is -2.32. The molecule has 0 amide bonds. The van der Waals surface area contributed by atoms with Gasteiger partial charge < -0.3 is 5.32 Å². The van der Waals surface area contributed by atoms with Crippen LogP contribution in [0.2, 0.25) is 5.02 Å². The van der Waals surface area contributed by atoms with Crippen molar-refractivity contribution >= 4 is 22.5 Å². The van der Waals surface area contributed by atoms with Crippen LogP contribution in [0.25, 0.3) is 10.9 Å². The van der Waals surface area contributed by atoms with Crippen molar-refractivity contribution in [3.05, 3.63) is 39.9 Å². The zero-order chi connectivity index (χ0) is 12.5. The van der Waals surface area contributed by atoms with Gasteiger partial charge in [0.05, 0.1) is 22.3 Å². The molecule has 0 bridgehead atoms. The minimum atomic E-state index is -0.0174. The molecule has 1 fully saturated rings. The number of nitrogens with zero attached hydrogens (tertiary/aromatic N) is 2. The number of para-hydroxylation sites is 1. The third kappa shape index (κ3) is 2.02. The van der Waals surface area contributed by atoms with Crippen molar-refractivity contribution in [1.82, 2.24) is 14.9 Å². The standard InChI is InChI=1S/C13H14ClN3O/c14-11-5-1-4-10-12(11)16-8-17(13(10)18)7-9-3-2-6-15-9/h1,4-5,8-9,15H,2-3,6-7H2/t9-/m1/s1. The van der Waals surface area contributed by atoms with E-state index < -0.39 is 0 Å². The molecule has 18 heavy (non-hydrogen) atoms. The summed E-state index contributed by atoms with van der Waals surface area (Å²) in [6, 6.07) is 5.68. The number of rotatable bonds is 2. The lowest BCUT2D eigenvalue weighted by molar-refractivity contribution is 0.497. The topological polar surface area (TPSA) is 46.9 Å². The lowest BCUT2D eigenvalue weighted by Gasteiger charge is -2.12. The molecular weight excluding hydrogens is 250 g/mol. The van der Waals surface area contributed by atoms with E-state index in [0.717, 1.165) is 13.0 Å². The molecule has 1 aromatic heterocycles. The minimum Gasteiger partial charge on any atom is -0.312 e. The lowest BCUT2D eigenvalue weighted by atomic mass is 10.2. The molecule has 3 rings (SSSR count). The molecule has 1 aromatic carbocycles. The highest BCUT2D eigenvalue weighted by molar-refractivity contribution is 6.34. The van der Waals surface area contributed by atoms with Gasteiger partial charge in [-0.15, -0.1) is 0 Å². The van der Waals surface area contributed by atoms with Gasteiger partial charge in [-0.25, -0.2) is 4.98 Å². The number of nitrogens with one attached hydrogen (secondary N) is 1. The van der Waals surface area contributed by atoms with Gasteiger partial charge in [0.15, 0.2) is 0 Å². The largest absolute Gasteiger partial charge is 0.312 e. The first-order valence-electron chi connectivity index (χ1n) is 6.13. The van der Waals surface area contributed by atoms with E-state index in [0.29, 0.717) is 28.5 Å². The molecule has 5 heteroatoms. The minimum absolute atomic E-state index is 0.0174. The number of benzene rings is 1. The van der Waals surface area contributed by atoms with Crippen molar-refractivity contribution in [3.8, 4) is 0 Å². The van der Waals surface area contributed by atoms with Gasteiger partial charge in [-0.1, -0.05) is 17.7 Å². The predicted octanol–water partition coefficient (Wildman–Crippen LogP) is 1.80. The zero-order valence-electron chi connectivity index (χ0n) is 9.90. The van der Waals surface area contributed by atoms with Gasteiger partial charge in [0, 0.05) is 12.6 Å². The summed E-state index contributed by atoms with van der Waals surface area (Å²) in [7, 11) is 0. The Morgan fingerprint density at radius 2 is 2.39 bits per heavy atom. The molecule has 0 spiro atoms. The Morgan fingerprint density at radius 3 is 3.17 bits per heavy atom. The average molecular weight is 264 g/mol. The first-order valence-corrected chi connectivity index (χ1v) is 6.50. The first kappa shape index (κ1) is 11.7. The molecule has 0 radical (unpaired) electrons. The molecule has 1 aliphatic rings. The number of aromatic nitrogens is 2. The molecular formula is C13H14ClN3O. The molecule has 1 aliphatic heterocycles. The maximum Gasteiger partial charge on any atom is 0.261 e. The van der Waals surface area contributed by atoms with Gasteiger partial charge in [-0.05, 0) is 31.5 Å². The monoisotopic (exact) mass is 263 g/mol. The van der Waals surface area contributed by atoms with Crippen LogP contribution in [-0.2, 0) is 6.54 Å². The van der Waals surface area contributed by atoms with E-state index in [1.165, 1.54) is 6.42 Å².